The fraction of sp³-hybridized carbons (Fsp3) is 0.214. The Morgan fingerprint density at radius 1 is 1.22 bits per heavy atom. The lowest BCUT2D eigenvalue weighted by Crippen LogP contribution is -2.06. The SMILES string of the molecule is COc1ccc(-c2nc(CS(=O)(=O)c3nc(C)cs3)no2)cc1. The standard InChI is InChI=1S/C14H13N3O4S2/c1-9-7-22-14(15-9)23(18,19)8-12-16-13(21-17-12)10-3-5-11(20-2)6-4-10/h3-7H,8H2,1-2H3. The molecular weight excluding hydrogens is 338 g/mol. The highest BCUT2D eigenvalue weighted by Gasteiger charge is 2.22. The second kappa shape index (κ2) is 6.09. The second-order valence-corrected chi connectivity index (χ2v) is 7.78. The largest absolute Gasteiger partial charge is 0.497 e. The second-order valence-electron chi connectivity index (χ2n) is 4.76. The van der Waals surface area contributed by atoms with Gasteiger partial charge in [-0.05, 0) is 31.2 Å². The van der Waals surface area contributed by atoms with E-state index in [0.717, 1.165) is 11.3 Å². The Morgan fingerprint density at radius 2 is 1.96 bits per heavy atom. The molecule has 23 heavy (non-hydrogen) atoms. The van der Waals surface area contributed by atoms with E-state index >= 15 is 0 Å². The van der Waals surface area contributed by atoms with E-state index < -0.39 is 9.84 Å². The molecule has 0 aliphatic rings. The number of sulfone groups is 1. The molecule has 0 saturated heterocycles. The molecule has 7 nitrogen and oxygen atoms in total. The molecule has 0 bridgehead atoms. The van der Waals surface area contributed by atoms with Crippen LogP contribution in [0.4, 0.5) is 0 Å². The molecule has 0 unspecified atom stereocenters. The maximum atomic E-state index is 12.3. The normalized spacial score (nSPS) is 11.6. The van der Waals surface area contributed by atoms with Crippen LogP contribution in [0.5, 0.6) is 5.75 Å². The number of benzene rings is 1. The van der Waals surface area contributed by atoms with Gasteiger partial charge in [-0.3, -0.25) is 0 Å². The van der Waals surface area contributed by atoms with E-state index in [2.05, 4.69) is 15.1 Å². The first kappa shape index (κ1) is 15.6. The van der Waals surface area contributed by atoms with Gasteiger partial charge in [0, 0.05) is 16.6 Å². The number of methoxy groups -OCH3 is 1. The van der Waals surface area contributed by atoms with Crippen molar-refractivity contribution < 1.29 is 17.7 Å². The van der Waals surface area contributed by atoms with E-state index in [9.17, 15) is 8.42 Å². The number of rotatable bonds is 5. The van der Waals surface area contributed by atoms with Gasteiger partial charge in [0.1, 0.15) is 11.5 Å². The van der Waals surface area contributed by atoms with E-state index in [1.54, 1.807) is 43.7 Å². The zero-order valence-electron chi connectivity index (χ0n) is 12.4. The highest BCUT2D eigenvalue weighted by Crippen LogP contribution is 2.23. The Labute approximate surface area is 136 Å². The molecule has 0 aliphatic heterocycles. The molecule has 1 aromatic carbocycles. The average molecular weight is 351 g/mol. The van der Waals surface area contributed by atoms with Gasteiger partial charge in [-0.25, -0.2) is 13.4 Å². The van der Waals surface area contributed by atoms with Crippen molar-refractivity contribution in [3.63, 3.8) is 0 Å². The maximum absolute atomic E-state index is 12.3. The Hall–Kier alpha value is -2.26. The van der Waals surface area contributed by atoms with Crippen LogP contribution < -0.4 is 4.74 Å². The zero-order valence-corrected chi connectivity index (χ0v) is 14.0. The minimum atomic E-state index is -3.57. The third-order valence-electron chi connectivity index (χ3n) is 2.99. The first-order valence-electron chi connectivity index (χ1n) is 6.60. The van der Waals surface area contributed by atoms with Crippen LogP contribution in [0.2, 0.25) is 0 Å². The highest BCUT2D eigenvalue weighted by atomic mass is 32.2. The number of ether oxygens (including phenoxy) is 1. The molecule has 0 atom stereocenters. The molecule has 3 rings (SSSR count). The van der Waals surface area contributed by atoms with E-state index in [4.69, 9.17) is 9.26 Å². The Balaban J connectivity index is 1.81. The Kier molecular flexibility index (Phi) is 4.14. The van der Waals surface area contributed by atoms with Gasteiger partial charge in [-0.2, -0.15) is 4.98 Å². The van der Waals surface area contributed by atoms with Crippen LogP contribution in [0.3, 0.4) is 0 Å². The van der Waals surface area contributed by atoms with Crippen molar-refractivity contribution >= 4 is 21.2 Å². The quantitative estimate of drug-likeness (QED) is 0.697. The third kappa shape index (κ3) is 3.40. The smallest absolute Gasteiger partial charge is 0.257 e. The summed E-state index contributed by atoms with van der Waals surface area (Å²) >= 11 is 1.08. The highest BCUT2D eigenvalue weighted by molar-refractivity contribution is 7.92. The molecule has 0 radical (unpaired) electrons. The van der Waals surface area contributed by atoms with E-state index in [1.165, 1.54) is 0 Å². The van der Waals surface area contributed by atoms with E-state index in [0.29, 0.717) is 17.0 Å². The van der Waals surface area contributed by atoms with Crippen molar-refractivity contribution in [1.82, 2.24) is 15.1 Å². The molecular formula is C14H13N3O4S2. The number of aromatic nitrogens is 3. The number of nitrogens with zero attached hydrogens (tertiary/aromatic N) is 3. The van der Waals surface area contributed by atoms with Gasteiger partial charge in [0.2, 0.25) is 14.2 Å². The summed E-state index contributed by atoms with van der Waals surface area (Å²) in [6.07, 6.45) is 0. The summed E-state index contributed by atoms with van der Waals surface area (Å²) in [6, 6.07) is 7.03. The molecule has 9 heteroatoms. The first-order chi connectivity index (χ1) is 11.0. The molecule has 2 heterocycles. The molecule has 0 fully saturated rings. The fourth-order valence-corrected chi connectivity index (χ4v) is 4.16. The minimum Gasteiger partial charge on any atom is -0.497 e. The van der Waals surface area contributed by atoms with Crippen molar-refractivity contribution in [3.8, 4) is 17.2 Å². The summed E-state index contributed by atoms with van der Waals surface area (Å²) < 4.78 is 34.8. The van der Waals surface area contributed by atoms with Gasteiger partial charge in [-0.1, -0.05) is 5.16 Å². The first-order valence-corrected chi connectivity index (χ1v) is 9.13. The van der Waals surface area contributed by atoms with Crippen LogP contribution in [0.15, 0.2) is 38.5 Å². The third-order valence-corrected chi connectivity index (χ3v) is 6.05. The number of aryl methyl sites for hydroxylation is 1. The Morgan fingerprint density at radius 3 is 2.57 bits per heavy atom. The number of hydrogen-bond acceptors (Lipinski definition) is 8. The van der Waals surface area contributed by atoms with Crippen molar-refractivity contribution in [3.05, 3.63) is 41.2 Å². The van der Waals surface area contributed by atoms with Gasteiger partial charge in [0.15, 0.2) is 5.82 Å². The maximum Gasteiger partial charge on any atom is 0.257 e. The summed E-state index contributed by atoms with van der Waals surface area (Å²) in [5.74, 6) is 0.714. The summed E-state index contributed by atoms with van der Waals surface area (Å²) in [7, 11) is -2.00. The zero-order chi connectivity index (χ0) is 16.4. The van der Waals surface area contributed by atoms with Gasteiger partial charge in [0.25, 0.3) is 5.89 Å². The minimum absolute atomic E-state index is 0.0609. The molecule has 2 aromatic heterocycles. The fourth-order valence-electron chi connectivity index (χ4n) is 1.87. The van der Waals surface area contributed by atoms with Crippen LogP contribution in [0, 0.1) is 6.92 Å². The van der Waals surface area contributed by atoms with Gasteiger partial charge in [0.05, 0.1) is 7.11 Å². The lowest BCUT2D eigenvalue weighted by atomic mass is 10.2. The number of hydrogen-bond donors (Lipinski definition) is 0. The van der Waals surface area contributed by atoms with Crippen LogP contribution >= 0.6 is 11.3 Å². The van der Waals surface area contributed by atoms with Crippen molar-refractivity contribution in [2.75, 3.05) is 7.11 Å². The molecule has 0 spiro atoms. The lowest BCUT2D eigenvalue weighted by molar-refractivity contribution is 0.414. The lowest BCUT2D eigenvalue weighted by Gasteiger charge is -1.98. The average Bonchev–Trinajstić information content (AvgIpc) is 3.16. The predicted molar refractivity (Wildman–Crippen MR) is 84.0 cm³/mol. The molecule has 0 saturated carbocycles. The predicted octanol–water partition coefficient (Wildman–Crippen LogP) is 2.48. The summed E-state index contributed by atoms with van der Waals surface area (Å²) in [4.78, 5) is 8.13. The Bertz CT molecular complexity index is 914. The van der Waals surface area contributed by atoms with Crippen molar-refractivity contribution in [1.29, 1.82) is 0 Å². The van der Waals surface area contributed by atoms with Gasteiger partial charge < -0.3 is 9.26 Å². The van der Waals surface area contributed by atoms with E-state index in [1.807, 2.05) is 0 Å². The van der Waals surface area contributed by atoms with Crippen LogP contribution in [-0.4, -0.2) is 30.7 Å². The molecule has 0 amide bonds. The van der Waals surface area contributed by atoms with Crippen LogP contribution in [0.1, 0.15) is 11.5 Å². The van der Waals surface area contributed by atoms with Crippen molar-refractivity contribution in [2.45, 2.75) is 17.0 Å². The van der Waals surface area contributed by atoms with Crippen LogP contribution in [0.25, 0.3) is 11.5 Å². The van der Waals surface area contributed by atoms with Gasteiger partial charge in [-0.15, -0.1) is 11.3 Å². The summed E-state index contributed by atoms with van der Waals surface area (Å²) in [6.45, 7) is 1.74. The van der Waals surface area contributed by atoms with Crippen molar-refractivity contribution in [2.24, 2.45) is 0 Å². The number of thiazole rings is 1. The molecule has 120 valence electrons. The summed E-state index contributed by atoms with van der Waals surface area (Å²) in [5.41, 5.74) is 1.35. The molecule has 0 N–H and O–H groups in total. The van der Waals surface area contributed by atoms with E-state index in [-0.39, 0.29) is 21.8 Å². The molecule has 3 aromatic rings. The van der Waals surface area contributed by atoms with Gasteiger partial charge >= 0.3 is 0 Å². The molecule has 0 aliphatic carbocycles. The topological polar surface area (TPSA) is 95.2 Å². The van der Waals surface area contributed by atoms with Crippen LogP contribution in [-0.2, 0) is 15.6 Å². The summed E-state index contributed by atoms with van der Waals surface area (Å²) in [5, 5.41) is 5.42. The monoisotopic (exact) mass is 351 g/mol.